The number of benzene rings is 1. The van der Waals surface area contributed by atoms with Gasteiger partial charge in [0.25, 0.3) is 5.91 Å². The minimum atomic E-state index is -3.96. The molecule has 2 N–H and O–H groups in total. The maximum absolute atomic E-state index is 12.9. The zero-order valence-corrected chi connectivity index (χ0v) is 16.7. The fourth-order valence-corrected chi connectivity index (χ4v) is 4.44. The number of hydrogen-bond donors (Lipinski definition) is 1. The van der Waals surface area contributed by atoms with Crippen molar-refractivity contribution in [3.63, 3.8) is 0 Å². The number of nitrogens with zero attached hydrogens (tertiary/aromatic N) is 1. The summed E-state index contributed by atoms with van der Waals surface area (Å²) in [7, 11) is -5.58. The van der Waals surface area contributed by atoms with Gasteiger partial charge in [0.2, 0.25) is 10.0 Å². The summed E-state index contributed by atoms with van der Waals surface area (Å²) in [5, 5.41) is 5.37. The Morgan fingerprint density at radius 2 is 1.74 bits per heavy atom. The number of hydrogen-bond acceptors (Lipinski definition) is 3. The quantitative estimate of drug-likeness (QED) is 0.796. The molecule has 7 heteroatoms. The normalized spacial score (nSPS) is 13.7. The molecule has 5 nitrogen and oxygen atoms in total. The predicted molar refractivity (Wildman–Crippen MR) is 96.8 cm³/mol. The van der Waals surface area contributed by atoms with Gasteiger partial charge in [-0.3, -0.25) is 4.79 Å². The molecule has 0 bridgehead atoms. The average Bonchev–Trinajstić information content (AvgIpc) is 2.44. The Balaban J connectivity index is 3.70. The number of primary sulfonamides is 1. The third-order valence-corrected chi connectivity index (χ3v) is 8.26. The molecule has 0 aliphatic carbocycles. The van der Waals surface area contributed by atoms with Gasteiger partial charge in [0.1, 0.15) is 0 Å². The third-order valence-electron chi connectivity index (χ3n) is 4.40. The van der Waals surface area contributed by atoms with Gasteiger partial charge in [-0.15, -0.1) is 0 Å². The fourth-order valence-electron chi connectivity index (χ4n) is 2.51. The van der Waals surface area contributed by atoms with Gasteiger partial charge in [-0.2, -0.15) is 0 Å². The van der Waals surface area contributed by atoms with Crippen molar-refractivity contribution in [2.75, 3.05) is 13.1 Å². The predicted octanol–water partition coefficient (Wildman–Crippen LogP) is 2.80. The van der Waals surface area contributed by atoms with Gasteiger partial charge >= 0.3 is 0 Å². The van der Waals surface area contributed by atoms with E-state index in [0.717, 1.165) is 5.56 Å². The number of nitrogens with two attached hydrogens (primary N) is 1. The fraction of sp³-hybridized carbons (Fsp3) is 0.562. The van der Waals surface area contributed by atoms with Crippen LogP contribution in [0, 0.1) is 0 Å². The largest absolute Gasteiger partial charge is 0.339 e. The smallest absolute Gasteiger partial charge is 0.255 e. The van der Waals surface area contributed by atoms with Crippen molar-refractivity contribution in [1.82, 2.24) is 4.90 Å². The van der Waals surface area contributed by atoms with Gasteiger partial charge in [0.15, 0.2) is 0 Å². The van der Waals surface area contributed by atoms with Gasteiger partial charge in [0.05, 0.1) is 18.5 Å². The summed E-state index contributed by atoms with van der Waals surface area (Å²) in [5.41, 5.74) is 1.17. The van der Waals surface area contributed by atoms with Gasteiger partial charge in [0, 0.05) is 13.1 Å². The zero-order chi connectivity index (χ0) is 18.0. The summed E-state index contributed by atoms with van der Waals surface area (Å²) in [6, 6.07) is 4.95. The molecular weight excluding hydrogens is 328 g/mol. The highest BCUT2D eigenvalue weighted by Gasteiger charge is 2.32. The van der Waals surface area contributed by atoms with Crippen LogP contribution < -0.4 is 5.14 Å². The van der Waals surface area contributed by atoms with E-state index >= 15 is 0 Å². The summed E-state index contributed by atoms with van der Waals surface area (Å²) in [5.74, 6) is -0.264. The van der Waals surface area contributed by atoms with Crippen LogP contribution in [-0.2, 0) is 10.0 Å². The van der Waals surface area contributed by atoms with Crippen molar-refractivity contribution in [2.24, 2.45) is 5.14 Å². The van der Waals surface area contributed by atoms with Crippen LogP contribution >= 0.6 is 0 Å². The first-order valence-electron chi connectivity index (χ1n) is 7.90. The van der Waals surface area contributed by atoms with Crippen LogP contribution in [0.1, 0.15) is 42.2 Å². The van der Waals surface area contributed by atoms with Crippen LogP contribution in [0.15, 0.2) is 23.1 Å². The van der Waals surface area contributed by atoms with Crippen molar-refractivity contribution in [3.8, 4) is 0 Å². The molecular formula is C16H28N2O3SSi. The lowest BCUT2D eigenvalue weighted by Gasteiger charge is -2.29. The van der Waals surface area contributed by atoms with Crippen LogP contribution in [0.4, 0.5) is 0 Å². The average molecular weight is 357 g/mol. The Hall–Kier alpha value is -1.18. The minimum Gasteiger partial charge on any atom is -0.339 e. The molecule has 0 radical (unpaired) electrons. The summed E-state index contributed by atoms with van der Waals surface area (Å²) < 4.78 is 24.0. The molecule has 1 unspecified atom stereocenters. The van der Waals surface area contributed by atoms with E-state index in [2.05, 4.69) is 26.6 Å². The molecule has 1 atom stereocenters. The number of rotatable bonds is 6. The molecule has 0 aliphatic heterocycles. The molecule has 23 heavy (non-hydrogen) atoms. The molecule has 1 aromatic rings. The highest BCUT2D eigenvalue weighted by molar-refractivity contribution is 7.89. The van der Waals surface area contributed by atoms with E-state index in [1.165, 1.54) is 6.07 Å². The third kappa shape index (κ3) is 4.42. The van der Waals surface area contributed by atoms with Crippen LogP contribution in [-0.4, -0.2) is 40.4 Å². The molecule has 1 amide bonds. The molecule has 0 aromatic heterocycles. The van der Waals surface area contributed by atoms with E-state index < -0.39 is 18.1 Å². The van der Waals surface area contributed by atoms with Gasteiger partial charge in [-0.1, -0.05) is 38.7 Å². The van der Waals surface area contributed by atoms with Crippen molar-refractivity contribution in [2.45, 2.75) is 50.8 Å². The highest BCUT2D eigenvalue weighted by atomic mass is 32.2. The molecule has 0 saturated carbocycles. The molecule has 0 saturated heterocycles. The number of amides is 1. The van der Waals surface area contributed by atoms with Crippen LogP contribution in [0.3, 0.4) is 0 Å². The monoisotopic (exact) mass is 356 g/mol. The summed E-state index contributed by atoms with van der Waals surface area (Å²) in [4.78, 5) is 14.5. The van der Waals surface area contributed by atoms with E-state index in [-0.39, 0.29) is 21.9 Å². The lowest BCUT2D eigenvalue weighted by molar-refractivity contribution is 0.0768. The second-order valence-corrected chi connectivity index (χ2v) is 14.0. The Morgan fingerprint density at radius 3 is 2.13 bits per heavy atom. The second kappa shape index (κ2) is 7.15. The van der Waals surface area contributed by atoms with Crippen molar-refractivity contribution < 1.29 is 13.2 Å². The maximum Gasteiger partial charge on any atom is 0.255 e. The molecule has 1 rings (SSSR count). The highest BCUT2D eigenvalue weighted by Crippen LogP contribution is 2.32. The molecule has 0 spiro atoms. The van der Waals surface area contributed by atoms with E-state index in [9.17, 15) is 13.2 Å². The second-order valence-electron chi connectivity index (χ2n) is 6.83. The minimum absolute atomic E-state index is 0.0722. The van der Waals surface area contributed by atoms with Gasteiger partial charge in [-0.25, -0.2) is 13.6 Å². The number of carbonyl (C=O) groups is 1. The van der Waals surface area contributed by atoms with E-state index in [1.807, 2.05) is 19.9 Å². The van der Waals surface area contributed by atoms with E-state index in [4.69, 9.17) is 5.14 Å². The lowest BCUT2D eigenvalue weighted by atomic mass is 10.0. The van der Waals surface area contributed by atoms with Crippen LogP contribution in [0.5, 0.6) is 0 Å². The molecule has 0 heterocycles. The molecule has 130 valence electrons. The van der Waals surface area contributed by atoms with Gasteiger partial charge < -0.3 is 4.90 Å². The first-order chi connectivity index (χ1) is 10.4. The van der Waals surface area contributed by atoms with Crippen LogP contribution in [0.25, 0.3) is 0 Å². The Bertz CT molecular complexity index is 677. The zero-order valence-electron chi connectivity index (χ0n) is 14.9. The summed E-state index contributed by atoms with van der Waals surface area (Å²) in [6.07, 6.45) is 0. The van der Waals surface area contributed by atoms with Crippen LogP contribution in [0.2, 0.25) is 19.6 Å². The number of carbonyl (C=O) groups excluding carboxylic acids is 1. The summed E-state index contributed by atoms with van der Waals surface area (Å²) in [6.45, 7) is 13.5. The number of sulfonamides is 1. The summed E-state index contributed by atoms with van der Waals surface area (Å²) >= 11 is 0. The van der Waals surface area contributed by atoms with Crippen molar-refractivity contribution in [1.29, 1.82) is 0 Å². The standard InChI is InChI=1S/C16H28N2O3SSi/c1-7-18(8-2)16(19)15-13(12(3)23(4,5)6)10-9-11-14(15)22(17,20)21/h9-12H,7-8H2,1-6H3,(H2,17,20,21). The topological polar surface area (TPSA) is 80.5 Å². The molecule has 1 aromatic carbocycles. The first-order valence-corrected chi connectivity index (χ1v) is 13.0. The van der Waals surface area contributed by atoms with Gasteiger partial charge in [-0.05, 0) is 31.0 Å². The molecule has 0 fully saturated rings. The Labute approximate surface area is 140 Å². The van der Waals surface area contributed by atoms with Crippen molar-refractivity contribution in [3.05, 3.63) is 29.3 Å². The SMILES string of the molecule is CCN(CC)C(=O)c1c(C(C)[Si](C)(C)C)cccc1S(N)(=O)=O. The lowest BCUT2D eigenvalue weighted by Crippen LogP contribution is -2.36. The van der Waals surface area contributed by atoms with E-state index in [1.54, 1.807) is 11.0 Å². The Morgan fingerprint density at radius 1 is 1.22 bits per heavy atom. The maximum atomic E-state index is 12.9. The van der Waals surface area contributed by atoms with Crippen molar-refractivity contribution >= 4 is 24.0 Å². The first kappa shape index (κ1) is 19.9. The Kier molecular flexibility index (Phi) is 6.17. The molecule has 0 aliphatic rings. The van der Waals surface area contributed by atoms with E-state index in [0.29, 0.717) is 13.1 Å².